The van der Waals surface area contributed by atoms with Crippen LogP contribution in [0.3, 0.4) is 0 Å². The summed E-state index contributed by atoms with van der Waals surface area (Å²) in [4.78, 5) is 0. The second-order valence-corrected chi connectivity index (χ2v) is 5.22. The Morgan fingerprint density at radius 3 is 2.41 bits per heavy atom. The van der Waals surface area contributed by atoms with E-state index in [1.807, 2.05) is 0 Å². The molecule has 17 heavy (non-hydrogen) atoms. The monoisotopic (exact) mass is 245 g/mol. The zero-order valence-electron chi connectivity index (χ0n) is 10.4. The third kappa shape index (κ3) is 2.76. The van der Waals surface area contributed by atoms with Crippen LogP contribution < -0.4 is 5.73 Å². The van der Waals surface area contributed by atoms with Gasteiger partial charge in [-0.2, -0.15) is 11.3 Å². The molecule has 2 aromatic rings. The molecule has 0 amide bonds. The van der Waals surface area contributed by atoms with Crippen LogP contribution in [0, 0.1) is 6.92 Å². The van der Waals surface area contributed by atoms with Crippen LogP contribution >= 0.6 is 11.3 Å². The quantitative estimate of drug-likeness (QED) is 0.863. The van der Waals surface area contributed by atoms with Crippen LogP contribution in [-0.2, 0) is 6.42 Å². The number of hydrogen-bond acceptors (Lipinski definition) is 2. The third-order valence-corrected chi connectivity index (χ3v) is 3.99. The van der Waals surface area contributed by atoms with Crippen LogP contribution in [0.25, 0.3) is 0 Å². The highest BCUT2D eigenvalue weighted by Gasteiger charge is 2.11. The Morgan fingerprint density at radius 1 is 1.18 bits per heavy atom. The van der Waals surface area contributed by atoms with Crippen molar-refractivity contribution in [1.82, 2.24) is 0 Å². The van der Waals surface area contributed by atoms with Gasteiger partial charge in [0.25, 0.3) is 0 Å². The molecular formula is C15H19NS. The fourth-order valence-corrected chi connectivity index (χ4v) is 2.94. The largest absolute Gasteiger partial charge is 0.320 e. The topological polar surface area (TPSA) is 26.0 Å². The molecule has 0 aliphatic heterocycles. The molecule has 0 saturated carbocycles. The lowest BCUT2D eigenvalue weighted by molar-refractivity contribution is 0.862. The van der Waals surface area contributed by atoms with Crippen molar-refractivity contribution in [2.24, 2.45) is 5.73 Å². The summed E-state index contributed by atoms with van der Waals surface area (Å²) in [7, 11) is 0. The zero-order chi connectivity index (χ0) is 12.3. The predicted octanol–water partition coefficient (Wildman–Crippen LogP) is 4.06. The first kappa shape index (κ1) is 12.3. The lowest BCUT2D eigenvalue weighted by Crippen LogP contribution is -2.11. The Morgan fingerprint density at radius 2 is 1.88 bits per heavy atom. The maximum Gasteiger partial charge on any atom is 0.0562 e. The zero-order valence-corrected chi connectivity index (χ0v) is 11.3. The number of rotatable bonds is 4. The highest BCUT2D eigenvalue weighted by atomic mass is 32.1. The van der Waals surface area contributed by atoms with Crippen molar-refractivity contribution in [3.63, 3.8) is 0 Å². The molecule has 0 aliphatic rings. The molecule has 0 saturated heterocycles. The SMILES string of the molecule is CCCc1ccc(C(N)c2cscc2C)cc1. The summed E-state index contributed by atoms with van der Waals surface area (Å²) in [6, 6.07) is 8.72. The van der Waals surface area contributed by atoms with Gasteiger partial charge < -0.3 is 5.73 Å². The molecule has 1 aromatic heterocycles. The van der Waals surface area contributed by atoms with Crippen LogP contribution in [0.4, 0.5) is 0 Å². The van der Waals surface area contributed by atoms with Crippen molar-refractivity contribution in [2.75, 3.05) is 0 Å². The fraction of sp³-hybridized carbons (Fsp3) is 0.333. The second-order valence-electron chi connectivity index (χ2n) is 4.48. The maximum atomic E-state index is 6.29. The Balaban J connectivity index is 2.20. The molecule has 2 heteroatoms. The van der Waals surface area contributed by atoms with Gasteiger partial charge >= 0.3 is 0 Å². The molecular weight excluding hydrogens is 226 g/mol. The molecule has 2 N–H and O–H groups in total. The van der Waals surface area contributed by atoms with Crippen LogP contribution in [0.1, 0.15) is 41.6 Å². The average Bonchev–Trinajstić information content (AvgIpc) is 2.76. The van der Waals surface area contributed by atoms with Crippen molar-refractivity contribution in [3.8, 4) is 0 Å². The fourth-order valence-electron chi connectivity index (χ4n) is 2.05. The highest BCUT2D eigenvalue weighted by Crippen LogP contribution is 2.25. The van der Waals surface area contributed by atoms with Crippen molar-refractivity contribution < 1.29 is 0 Å². The van der Waals surface area contributed by atoms with E-state index in [1.165, 1.54) is 28.7 Å². The van der Waals surface area contributed by atoms with Crippen LogP contribution in [0.15, 0.2) is 35.0 Å². The summed E-state index contributed by atoms with van der Waals surface area (Å²) in [5.41, 5.74) is 11.4. The molecule has 0 bridgehead atoms. The molecule has 1 aromatic carbocycles. The summed E-state index contributed by atoms with van der Waals surface area (Å²) >= 11 is 1.72. The highest BCUT2D eigenvalue weighted by molar-refractivity contribution is 7.08. The predicted molar refractivity (Wildman–Crippen MR) is 75.5 cm³/mol. The van der Waals surface area contributed by atoms with E-state index in [2.05, 4.69) is 48.9 Å². The number of hydrogen-bond donors (Lipinski definition) is 1. The summed E-state index contributed by atoms with van der Waals surface area (Å²) in [5, 5.41) is 4.31. The number of aryl methyl sites for hydroxylation is 2. The first-order chi connectivity index (χ1) is 8.22. The minimum absolute atomic E-state index is 0.0110. The molecule has 0 radical (unpaired) electrons. The van der Waals surface area contributed by atoms with Crippen molar-refractivity contribution in [1.29, 1.82) is 0 Å². The van der Waals surface area contributed by atoms with E-state index in [0.717, 1.165) is 6.42 Å². The van der Waals surface area contributed by atoms with Crippen LogP contribution in [-0.4, -0.2) is 0 Å². The molecule has 1 heterocycles. The van der Waals surface area contributed by atoms with Crippen molar-refractivity contribution in [2.45, 2.75) is 32.7 Å². The molecule has 0 aliphatic carbocycles. The molecule has 90 valence electrons. The molecule has 1 unspecified atom stereocenters. The lowest BCUT2D eigenvalue weighted by atomic mass is 9.98. The molecule has 0 fully saturated rings. The summed E-state index contributed by atoms with van der Waals surface area (Å²) in [5.74, 6) is 0. The number of benzene rings is 1. The average molecular weight is 245 g/mol. The van der Waals surface area contributed by atoms with E-state index in [-0.39, 0.29) is 6.04 Å². The van der Waals surface area contributed by atoms with E-state index in [1.54, 1.807) is 11.3 Å². The van der Waals surface area contributed by atoms with Gasteiger partial charge in [0, 0.05) is 0 Å². The first-order valence-electron chi connectivity index (χ1n) is 6.09. The van der Waals surface area contributed by atoms with E-state index < -0.39 is 0 Å². The van der Waals surface area contributed by atoms with Gasteiger partial charge in [0.1, 0.15) is 0 Å². The van der Waals surface area contributed by atoms with Crippen LogP contribution in [0.2, 0.25) is 0 Å². The Kier molecular flexibility index (Phi) is 3.97. The van der Waals surface area contributed by atoms with E-state index in [4.69, 9.17) is 5.73 Å². The van der Waals surface area contributed by atoms with E-state index >= 15 is 0 Å². The number of thiophene rings is 1. The van der Waals surface area contributed by atoms with Crippen LogP contribution in [0.5, 0.6) is 0 Å². The van der Waals surface area contributed by atoms with E-state index in [9.17, 15) is 0 Å². The van der Waals surface area contributed by atoms with Crippen molar-refractivity contribution in [3.05, 3.63) is 57.3 Å². The molecule has 2 rings (SSSR count). The molecule has 1 atom stereocenters. The van der Waals surface area contributed by atoms with Gasteiger partial charge in [-0.1, -0.05) is 37.6 Å². The lowest BCUT2D eigenvalue weighted by Gasteiger charge is -2.12. The van der Waals surface area contributed by atoms with Gasteiger partial charge in [0.15, 0.2) is 0 Å². The van der Waals surface area contributed by atoms with Gasteiger partial charge in [0.05, 0.1) is 6.04 Å². The van der Waals surface area contributed by atoms with E-state index in [0.29, 0.717) is 0 Å². The van der Waals surface area contributed by atoms with Gasteiger partial charge in [-0.3, -0.25) is 0 Å². The summed E-state index contributed by atoms with van der Waals surface area (Å²) in [6.07, 6.45) is 2.34. The minimum Gasteiger partial charge on any atom is -0.320 e. The maximum absolute atomic E-state index is 6.29. The van der Waals surface area contributed by atoms with Gasteiger partial charge in [0.2, 0.25) is 0 Å². The Hall–Kier alpha value is -1.12. The van der Waals surface area contributed by atoms with Gasteiger partial charge in [-0.15, -0.1) is 0 Å². The smallest absolute Gasteiger partial charge is 0.0562 e. The first-order valence-corrected chi connectivity index (χ1v) is 7.03. The normalized spacial score (nSPS) is 12.6. The Labute approximate surface area is 107 Å². The standard InChI is InChI=1S/C15H19NS/c1-3-4-12-5-7-13(8-6-12)15(16)14-10-17-9-11(14)2/h5-10,15H,3-4,16H2,1-2H3. The van der Waals surface area contributed by atoms with Gasteiger partial charge in [-0.25, -0.2) is 0 Å². The summed E-state index contributed by atoms with van der Waals surface area (Å²) < 4.78 is 0. The van der Waals surface area contributed by atoms with Gasteiger partial charge in [-0.05, 0) is 46.4 Å². The minimum atomic E-state index is 0.0110. The molecule has 0 spiro atoms. The third-order valence-electron chi connectivity index (χ3n) is 3.11. The second kappa shape index (κ2) is 5.48. The van der Waals surface area contributed by atoms with Crippen molar-refractivity contribution >= 4 is 11.3 Å². The summed E-state index contributed by atoms with van der Waals surface area (Å²) in [6.45, 7) is 4.32. The Bertz CT molecular complexity index is 470. The number of nitrogens with two attached hydrogens (primary N) is 1. The molecule has 1 nitrogen and oxygen atoms in total.